The number of hydrogen-bond donors (Lipinski definition) is 0. The molecule has 0 aromatic carbocycles. The van der Waals surface area contributed by atoms with Crippen LogP contribution in [0.25, 0.3) is 0 Å². The molecule has 0 aromatic rings. The van der Waals surface area contributed by atoms with Gasteiger partial charge in [0.25, 0.3) is 0 Å². The first-order valence-corrected chi connectivity index (χ1v) is 7.04. The van der Waals surface area contributed by atoms with Crippen molar-refractivity contribution in [3.05, 3.63) is 0 Å². The molecule has 4 nitrogen and oxygen atoms in total. The molecule has 112 valence electrons. The Bertz CT molecular complexity index is 263. The van der Waals surface area contributed by atoms with Crippen molar-refractivity contribution < 1.29 is 19.1 Å². The van der Waals surface area contributed by atoms with E-state index >= 15 is 0 Å². The van der Waals surface area contributed by atoms with Gasteiger partial charge in [0.15, 0.2) is 0 Å². The van der Waals surface area contributed by atoms with Gasteiger partial charge in [-0.1, -0.05) is 6.92 Å². The molecule has 0 rings (SSSR count). The number of aldehydes is 2. The number of carbonyl (C=O) groups is 2. The Morgan fingerprint density at radius 2 is 1.53 bits per heavy atom. The number of hydrogen-bond acceptors (Lipinski definition) is 4. The van der Waals surface area contributed by atoms with Crippen LogP contribution in [0.3, 0.4) is 0 Å². The second-order valence-electron chi connectivity index (χ2n) is 5.67. The fourth-order valence-corrected chi connectivity index (χ4v) is 1.71. The first-order valence-electron chi connectivity index (χ1n) is 7.04. The molecule has 0 saturated carbocycles. The van der Waals surface area contributed by atoms with Gasteiger partial charge in [-0.15, -0.1) is 0 Å². The van der Waals surface area contributed by atoms with E-state index in [0.29, 0.717) is 26.1 Å². The molecule has 0 fully saturated rings. The lowest BCUT2D eigenvalue weighted by Crippen LogP contribution is -2.32. The summed E-state index contributed by atoms with van der Waals surface area (Å²) in [6, 6.07) is 0. The van der Waals surface area contributed by atoms with Crippen molar-refractivity contribution in [2.24, 2.45) is 0 Å². The minimum atomic E-state index is -0.289. The molecule has 0 aliphatic heterocycles. The van der Waals surface area contributed by atoms with Gasteiger partial charge in [0.2, 0.25) is 0 Å². The van der Waals surface area contributed by atoms with E-state index in [-0.39, 0.29) is 11.2 Å². The third-order valence-corrected chi connectivity index (χ3v) is 3.42. The monoisotopic (exact) mass is 272 g/mol. The Kier molecular flexibility index (Phi) is 8.85. The van der Waals surface area contributed by atoms with Gasteiger partial charge in [0.05, 0.1) is 24.4 Å². The van der Waals surface area contributed by atoms with E-state index in [4.69, 9.17) is 9.47 Å². The smallest absolute Gasteiger partial charge is 0.122 e. The quantitative estimate of drug-likeness (QED) is 0.405. The van der Waals surface area contributed by atoms with Crippen LogP contribution >= 0.6 is 0 Å². The molecule has 0 aliphatic rings. The van der Waals surface area contributed by atoms with Crippen LogP contribution in [0.15, 0.2) is 0 Å². The largest absolute Gasteiger partial charge is 0.375 e. The second kappa shape index (κ2) is 9.21. The standard InChI is InChI=1S/C15H28O4/c1-5-15(4,8-6-10-16)19-13-9-14(2,3)18-12-7-11-17/h10-11H,5-9,12-13H2,1-4H3. The van der Waals surface area contributed by atoms with Crippen LogP contribution < -0.4 is 0 Å². The third kappa shape index (κ3) is 8.89. The van der Waals surface area contributed by atoms with Crippen molar-refractivity contribution in [1.82, 2.24) is 0 Å². The van der Waals surface area contributed by atoms with Gasteiger partial charge >= 0.3 is 0 Å². The third-order valence-electron chi connectivity index (χ3n) is 3.42. The van der Waals surface area contributed by atoms with Gasteiger partial charge < -0.3 is 19.1 Å². The van der Waals surface area contributed by atoms with Crippen LogP contribution in [-0.2, 0) is 19.1 Å². The molecule has 0 saturated heterocycles. The Labute approximate surface area is 116 Å². The Hall–Kier alpha value is -0.740. The zero-order valence-corrected chi connectivity index (χ0v) is 12.7. The van der Waals surface area contributed by atoms with Gasteiger partial charge in [-0.05, 0) is 40.0 Å². The van der Waals surface area contributed by atoms with Crippen LogP contribution in [0.4, 0.5) is 0 Å². The molecular formula is C15H28O4. The molecule has 0 aliphatic carbocycles. The molecular weight excluding hydrogens is 244 g/mol. The zero-order valence-electron chi connectivity index (χ0n) is 12.7. The van der Waals surface area contributed by atoms with Crippen molar-refractivity contribution in [1.29, 1.82) is 0 Å². The summed E-state index contributed by atoms with van der Waals surface area (Å²) in [5, 5.41) is 0. The minimum absolute atomic E-state index is 0.236. The van der Waals surface area contributed by atoms with E-state index in [0.717, 1.165) is 31.8 Å². The van der Waals surface area contributed by atoms with E-state index in [9.17, 15) is 9.59 Å². The number of ether oxygens (including phenoxy) is 2. The minimum Gasteiger partial charge on any atom is -0.375 e. The Balaban J connectivity index is 4.02. The molecule has 0 bridgehead atoms. The van der Waals surface area contributed by atoms with Crippen LogP contribution in [0.1, 0.15) is 59.8 Å². The van der Waals surface area contributed by atoms with Crippen molar-refractivity contribution in [2.75, 3.05) is 13.2 Å². The molecule has 19 heavy (non-hydrogen) atoms. The average molecular weight is 272 g/mol. The highest BCUT2D eigenvalue weighted by molar-refractivity contribution is 5.49. The lowest BCUT2D eigenvalue weighted by Gasteiger charge is -2.31. The maximum atomic E-state index is 10.4. The summed E-state index contributed by atoms with van der Waals surface area (Å²) in [7, 11) is 0. The van der Waals surface area contributed by atoms with E-state index < -0.39 is 0 Å². The first kappa shape index (κ1) is 18.3. The molecule has 1 unspecified atom stereocenters. The summed E-state index contributed by atoms with van der Waals surface area (Å²) in [5.41, 5.74) is -0.526. The number of rotatable bonds is 12. The molecule has 0 amide bonds. The van der Waals surface area contributed by atoms with E-state index in [1.807, 2.05) is 20.8 Å². The maximum absolute atomic E-state index is 10.4. The maximum Gasteiger partial charge on any atom is 0.122 e. The van der Waals surface area contributed by atoms with E-state index in [1.54, 1.807) is 0 Å². The van der Waals surface area contributed by atoms with Gasteiger partial charge in [0.1, 0.15) is 12.6 Å². The van der Waals surface area contributed by atoms with E-state index in [1.165, 1.54) is 0 Å². The van der Waals surface area contributed by atoms with E-state index in [2.05, 4.69) is 6.92 Å². The molecule has 0 heterocycles. The molecule has 0 aromatic heterocycles. The normalized spacial score (nSPS) is 14.9. The highest BCUT2D eigenvalue weighted by Gasteiger charge is 2.24. The van der Waals surface area contributed by atoms with Crippen LogP contribution in [-0.4, -0.2) is 37.0 Å². The lowest BCUT2D eigenvalue weighted by molar-refractivity contribution is -0.113. The summed E-state index contributed by atoms with van der Waals surface area (Å²) < 4.78 is 11.5. The van der Waals surface area contributed by atoms with Gasteiger partial charge in [-0.25, -0.2) is 0 Å². The summed E-state index contributed by atoms with van der Waals surface area (Å²) >= 11 is 0. The predicted octanol–water partition coefficient (Wildman–Crippen LogP) is 2.93. The van der Waals surface area contributed by atoms with Gasteiger partial charge in [0, 0.05) is 12.8 Å². The molecule has 0 N–H and O–H groups in total. The lowest BCUT2D eigenvalue weighted by atomic mass is 9.97. The molecule has 0 spiro atoms. The van der Waals surface area contributed by atoms with Crippen molar-refractivity contribution in [3.8, 4) is 0 Å². The first-order chi connectivity index (χ1) is 8.89. The predicted molar refractivity (Wildman–Crippen MR) is 75.3 cm³/mol. The van der Waals surface area contributed by atoms with Crippen LogP contribution in [0, 0.1) is 0 Å². The summed E-state index contributed by atoms with van der Waals surface area (Å²) in [6.45, 7) is 9.14. The fourth-order valence-electron chi connectivity index (χ4n) is 1.71. The Morgan fingerprint density at radius 3 is 2.05 bits per heavy atom. The van der Waals surface area contributed by atoms with Crippen molar-refractivity contribution in [2.45, 2.75) is 71.0 Å². The van der Waals surface area contributed by atoms with Crippen LogP contribution in [0.5, 0.6) is 0 Å². The molecule has 1 atom stereocenters. The van der Waals surface area contributed by atoms with Gasteiger partial charge in [-0.3, -0.25) is 0 Å². The Morgan fingerprint density at radius 1 is 0.895 bits per heavy atom. The van der Waals surface area contributed by atoms with Gasteiger partial charge in [-0.2, -0.15) is 0 Å². The fraction of sp³-hybridized carbons (Fsp3) is 0.867. The SMILES string of the molecule is CCC(C)(CCC=O)OCCC(C)(C)OCCC=O. The highest BCUT2D eigenvalue weighted by Crippen LogP contribution is 2.23. The topological polar surface area (TPSA) is 52.6 Å². The summed E-state index contributed by atoms with van der Waals surface area (Å²) in [4.78, 5) is 20.7. The number of carbonyl (C=O) groups excluding carboxylic acids is 2. The summed E-state index contributed by atoms with van der Waals surface area (Å²) in [5.74, 6) is 0. The summed E-state index contributed by atoms with van der Waals surface area (Å²) in [6.07, 6.45) is 5.15. The molecule has 4 heteroatoms. The molecule has 0 radical (unpaired) electrons. The average Bonchev–Trinajstić information content (AvgIpc) is 2.36. The van der Waals surface area contributed by atoms with Crippen molar-refractivity contribution in [3.63, 3.8) is 0 Å². The van der Waals surface area contributed by atoms with Crippen molar-refractivity contribution >= 4 is 12.6 Å². The highest BCUT2D eigenvalue weighted by atomic mass is 16.5. The second-order valence-corrected chi connectivity index (χ2v) is 5.67. The van der Waals surface area contributed by atoms with Crippen LogP contribution in [0.2, 0.25) is 0 Å². The zero-order chi connectivity index (χ0) is 14.8.